The average Bonchev–Trinajstić information content (AvgIpc) is 3.23. The standard InChI is InChI=1S/C22H28N2O3/c1-3-26-20-12-9-18(15-21(20)27-4-2)22(25)23-16-17-7-10-19(11-8-17)24-13-5-6-14-24/h7-12,15H,3-6,13-14,16H2,1-2H3,(H,23,25). The zero-order chi connectivity index (χ0) is 19.1. The monoisotopic (exact) mass is 368 g/mol. The van der Waals surface area contributed by atoms with Crippen LogP contribution in [0, 0.1) is 0 Å². The SMILES string of the molecule is CCOc1ccc(C(=O)NCc2ccc(N3CCCC3)cc2)cc1OCC. The maximum atomic E-state index is 12.5. The maximum absolute atomic E-state index is 12.5. The highest BCUT2D eigenvalue weighted by Crippen LogP contribution is 2.28. The Labute approximate surface area is 161 Å². The maximum Gasteiger partial charge on any atom is 0.251 e. The molecule has 0 unspecified atom stereocenters. The van der Waals surface area contributed by atoms with E-state index in [1.165, 1.54) is 18.5 Å². The molecule has 1 saturated heterocycles. The highest BCUT2D eigenvalue weighted by Gasteiger charge is 2.13. The van der Waals surface area contributed by atoms with E-state index in [4.69, 9.17) is 9.47 Å². The molecule has 27 heavy (non-hydrogen) atoms. The van der Waals surface area contributed by atoms with Crippen LogP contribution in [0.1, 0.15) is 42.6 Å². The van der Waals surface area contributed by atoms with Crippen molar-refractivity contribution in [1.82, 2.24) is 5.32 Å². The van der Waals surface area contributed by atoms with E-state index < -0.39 is 0 Å². The Bertz CT molecular complexity index is 753. The van der Waals surface area contributed by atoms with E-state index in [-0.39, 0.29) is 5.91 Å². The van der Waals surface area contributed by atoms with E-state index in [2.05, 4.69) is 34.5 Å². The summed E-state index contributed by atoms with van der Waals surface area (Å²) in [7, 11) is 0. The Hall–Kier alpha value is -2.69. The quantitative estimate of drug-likeness (QED) is 0.765. The molecule has 0 atom stereocenters. The third kappa shape index (κ3) is 4.94. The number of nitrogens with one attached hydrogen (secondary N) is 1. The van der Waals surface area contributed by atoms with Crippen LogP contribution in [0.25, 0.3) is 0 Å². The van der Waals surface area contributed by atoms with E-state index >= 15 is 0 Å². The van der Waals surface area contributed by atoms with Gasteiger partial charge in [0.25, 0.3) is 5.91 Å². The van der Waals surface area contributed by atoms with Crippen LogP contribution < -0.4 is 19.7 Å². The number of carbonyl (C=O) groups is 1. The number of amides is 1. The molecule has 144 valence electrons. The summed E-state index contributed by atoms with van der Waals surface area (Å²) in [6, 6.07) is 13.7. The summed E-state index contributed by atoms with van der Waals surface area (Å²) in [5.41, 5.74) is 2.91. The zero-order valence-electron chi connectivity index (χ0n) is 16.2. The molecular formula is C22H28N2O3. The molecule has 5 heteroatoms. The Morgan fingerprint density at radius 3 is 2.30 bits per heavy atom. The highest BCUT2D eigenvalue weighted by atomic mass is 16.5. The molecule has 1 aliphatic rings. The first-order chi connectivity index (χ1) is 13.2. The number of carbonyl (C=O) groups excluding carboxylic acids is 1. The molecular weight excluding hydrogens is 340 g/mol. The fourth-order valence-electron chi connectivity index (χ4n) is 3.28. The van der Waals surface area contributed by atoms with Gasteiger partial charge in [-0.25, -0.2) is 0 Å². The van der Waals surface area contributed by atoms with Gasteiger partial charge in [0.05, 0.1) is 13.2 Å². The number of ether oxygens (including phenoxy) is 2. The molecule has 2 aromatic rings. The van der Waals surface area contributed by atoms with Gasteiger partial charge in [-0.2, -0.15) is 0 Å². The summed E-state index contributed by atoms with van der Waals surface area (Å²) < 4.78 is 11.1. The van der Waals surface area contributed by atoms with Crippen molar-refractivity contribution in [2.45, 2.75) is 33.2 Å². The summed E-state index contributed by atoms with van der Waals surface area (Å²) in [6.07, 6.45) is 2.53. The smallest absolute Gasteiger partial charge is 0.251 e. The molecule has 0 bridgehead atoms. The van der Waals surface area contributed by atoms with Crippen LogP contribution in [0.4, 0.5) is 5.69 Å². The summed E-state index contributed by atoms with van der Waals surface area (Å²) >= 11 is 0. The summed E-state index contributed by atoms with van der Waals surface area (Å²) in [5.74, 6) is 1.14. The second-order valence-electron chi connectivity index (χ2n) is 6.57. The van der Waals surface area contributed by atoms with Gasteiger partial charge >= 0.3 is 0 Å². The van der Waals surface area contributed by atoms with Crippen molar-refractivity contribution in [3.05, 3.63) is 53.6 Å². The van der Waals surface area contributed by atoms with E-state index in [1.54, 1.807) is 18.2 Å². The summed E-state index contributed by atoms with van der Waals surface area (Å²) in [5, 5.41) is 2.98. The van der Waals surface area contributed by atoms with E-state index in [9.17, 15) is 4.79 Å². The summed E-state index contributed by atoms with van der Waals surface area (Å²) in [4.78, 5) is 14.9. The van der Waals surface area contributed by atoms with Crippen LogP contribution in [0.3, 0.4) is 0 Å². The van der Waals surface area contributed by atoms with Crippen LogP contribution in [-0.4, -0.2) is 32.2 Å². The highest BCUT2D eigenvalue weighted by molar-refractivity contribution is 5.94. The molecule has 1 amide bonds. The fourth-order valence-corrected chi connectivity index (χ4v) is 3.28. The van der Waals surface area contributed by atoms with Gasteiger partial charge in [0.1, 0.15) is 0 Å². The van der Waals surface area contributed by atoms with E-state index in [1.807, 2.05) is 13.8 Å². The van der Waals surface area contributed by atoms with Crippen LogP contribution in [0.5, 0.6) is 11.5 Å². The molecule has 0 aromatic heterocycles. The van der Waals surface area contributed by atoms with Crippen molar-refractivity contribution >= 4 is 11.6 Å². The largest absolute Gasteiger partial charge is 0.490 e. The average molecular weight is 368 g/mol. The zero-order valence-corrected chi connectivity index (χ0v) is 16.2. The van der Waals surface area contributed by atoms with Crippen LogP contribution in [0.2, 0.25) is 0 Å². The second-order valence-corrected chi connectivity index (χ2v) is 6.57. The van der Waals surface area contributed by atoms with Crippen LogP contribution >= 0.6 is 0 Å². The minimum Gasteiger partial charge on any atom is -0.490 e. The minimum atomic E-state index is -0.123. The van der Waals surface area contributed by atoms with Gasteiger partial charge in [-0.05, 0) is 62.6 Å². The first-order valence-corrected chi connectivity index (χ1v) is 9.73. The molecule has 0 spiro atoms. The van der Waals surface area contributed by atoms with Crippen molar-refractivity contribution < 1.29 is 14.3 Å². The lowest BCUT2D eigenvalue weighted by Crippen LogP contribution is -2.23. The van der Waals surface area contributed by atoms with Crippen molar-refractivity contribution in [3.8, 4) is 11.5 Å². The fraction of sp³-hybridized carbons (Fsp3) is 0.409. The third-order valence-corrected chi connectivity index (χ3v) is 4.67. The first kappa shape index (κ1) is 19.1. The predicted molar refractivity (Wildman–Crippen MR) is 108 cm³/mol. The number of rotatable bonds is 8. The van der Waals surface area contributed by atoms with Gasteiger partial charge in [0, 0.05) is 30.9 Å². The number of anilines is 1. The predicted octanol–water partition coefficient (Wildman–Crippen LogP) is 4.01. The van der Waals surface area contributed by atoms with E-state index in [0.29, 0.717) is 36.8 Å². The van der Waals surface area contributed by atoms with E-state index in [0.717, 1.165) is 18.7 Å². The lowest BCUT2D eigenvalue weighted by atomic mass is 10.1. The molecule has 1 N–H and O–H groups in total. The lowest BCUT2D eigenvalue weighted by Gasteiger charge is -2.17. The first-order valence-electron chi connectivity index (χ1n) is 9.73. The van der Waals surface area contributed by atoms with Crippen molar-refractivity contribution in [2.24, 2.45) is 0 Å². The van der Waals surface area contributed by atoms with Gasteiger partial charge in [-0.1, -0.05) is 12.1 Å². The van der Waals surface area contributed by atoms with Gasteiger partial charge in [0.15, 0.2) is 11.5 Å². The molecule has 0 saturated carbocycles. The number of hydrogen-bond donors (Lipinski definition) is 1. The molecule has 1 fully saturated rings. The van der Waals surface area contributed by atoms with Gasteiger partial charge in [0.2, 0.25) is 0 Å². The Balaban J connectivity index is 1.60. The van der Waals surface area contributed by atoms with Crippen LogP contribution in [-0.2, 0) is 6.54 Å². The van der Waals surface area contributed by atoms with Gasteiger partial charge < -0.3 is 19.7 Å². The molecule has 0 aliphatic carbocycles. The summed E-state index contributed by atoms with van der Waals surface area (Å²) in [6.45, 7) is 7.68. The topological polar surface area (TPSA) is 50.8 Å². The molecule has 5 nitrogen and oxygen atoms in total. The normalized spacial score (nSPS) is 13.5. The van der Waals surface area contributed by atoms with Gasteiger partial charge in [-0.3, -0.25) is 4.79 Å². The molecule has 0 radical (unpaired) electrons. The molecule has 1 heterocycles. The Morgan fingerprint density at radius 2 is 1.63 bits per heavy atom. The Morgan fingerprint density at radius 1 is 0.963 bits per heavy atom. The van der Waals surface area contributed by atoms with Crippen molar-refractivity contribution in [2.75, 3.05) is 31.2 Å². The lowest BCUT2D eigenvalue weighted by molar-refractivity contribution is 0.0950. The molecule has 1 aliphatic heterocycles. The number of hydrogen-bond acceptors (Lipinski definition) is 4. The van der Waals surface area contributed by atoms with Gasteiger partial charge in [-0.15, -0.1) is 0 Å². The van der Waals surface area contributed by atoms with Crippen molar-refractivity contribution in [3.63, 3.8) is 0 Å². The molecule has 3 rings (SSSR count). The second kappa shape index (κ2) is 9.31. The van der Waals surface area contributed by atoms with Crippen LogP contribution in [0.15, 0.2) is 42.5 Å². The van der Waals surface area contributed by atoms with Crippen molar-refractivity contribution in [1.29, 1.82) is 0 Å². The number of benzene rings is 2. The minimum absolute atomic E-state index is 0.123. The Kier molecular flexibility index (Phi) is 6.58. The number of nitrogens with zero attached hydrogens (tertiary/aromatic N) is 1. The molecule has 2 aromatic carbocycles. The third-order valence-electron chi connectivity index (χ3n) is 4.67.